The molecule has 2 aromatic rings. The number of aryl methyl sites for hydroxylation is 2. The molecule has 36 heavy (non-hydrogen) atoms. The van der Waals surface area contributed by atoms with Gasteiger partial charge in [-0.2, -0.15) is 0 Å². The lowest BCUT2D eigenvalue weighted by molar-refractivity contribution is -0.125. The molecule has 0 spiro atoms. The van der Waals surface area contributed by atoms with Crippen molar-refractivity contribution < 1.29 is 19.2 Å². The Bertz CT molecular complexity index is 1250. The second kappa shape index (κ2) is 9.52. The number of fused-ring (bicyclic) bond motifs is 2. The number of likely N-dealkylation sites (tertiary alicyclic amines) is 1. The molecule has 188 valence electrons. The monoisotopic (exact) mass is 487 g/mol. The van der Waals surface area contributed by atoms with Crippen LogP contribution in [0.1, 0.15) is 100 Å². The molecule has 3 aliphatic rings. The Morgan fingerprint density at radius 3 is 2.36 bits per heavy atom. The lowest BCUT2D eigenvalue weighted by atomic mass is 9.89. The molecule has 1 fully saturated rings. The van der Waals surface area contributed by atoms with Crippen LogP contribution in [0.3, 0.4) is 0 Å². The molecule has 5 rings (SSSR count). The molecular formula is C29H33N3O4. The van der Waals surface area contributed by atoms with Crippen LogP contribution in [0.4, 0.5) is 0 Å². The van der Waals surface area contributed by atoms with Gasteiger partial charge in [-0.1, -0.05) is 18.2 Å². The van der Waals surface area contributed by atoms with Crippen molar-refractivity contribution in [2.45, 2.75) is 77.4 Å². The molecule has 1 aliphatic carbocycles. The van der Waals surface area contributed by atoms with E-state index >= 15 is 0 Å². The largest absolute Gasteiger partial charge is 0.348 e. The number of hydrogen-bond acceptors (Lipinski definition) is 4. The normalized spacial score (nSPS) is 19.9. The van der Waals surface area contributed by atoms with Crippen LogP contribution < -0.4 is 5.32 Å². The van der Waals surface area contributed by atoms with E-state index in [9.17, 15) is 19.2 Å². The van der Waals surface area contributed by atoms with Gasteiger partial charge in [-0.05, 0) is 94.2 Å². The average Bonchev–Trinajstić information content (AvgIpc) is 3.46. The third-order valence-electron chi connectivity index (χ3n) is 7.73. The van der Waals surface area contributed by atoms with Gasteiger partial charge < -0.3 is 10.2 Å². The second-order valence-corrected chi connectivity index (χ2v) is 10.5. The van der Waals surface area contributed by atoms with Crippen molar-refractivity contribution in [2.75, 3.05) is 6.54 Å². The average molecular weight is 488 g/mol. The van der Waals surface area contributed by atoms with Gasteiger partial charge in [-0.15, -0.1) is 0 Å². The predicted octanol–water partition coefficient (Wildman–Crippen LogP) is 4.05. The van der Waals surface area contributed by atoms with Gasteiger partial charge in [-0.25, -0.2) is 0 Å². The van der Waals surface area contributed by atoms with Crippen molar-refractivity contribution >= 4 is 23.6 Å². The van der Waals surface area contributed by atoms with E-state index in [1.807, 2.05) is 6.92 Å². The molecule has 2 heterocycles. The van der Waals surface area contributed by atoms with E-state index in [4.69, 9.17) is 0 Å². The summed E-state index contributed by atoms with van der Waals surface area (Å²) in [6.07, 6.45) is 5.97. The number of carbonyl (C=O) groups excluding carboxylic acids is 4. The molecular weight excluding hydrogens is 454 g/mol. The number of nitrogens with one attached hydrogen (secondary N) is 1. The Morgan fingerprint density at radius 1 is 0.889 bits per heavy atom. The fourth-order valence-corrected chi connectivity index (χ4v) is 5.73. The number of nitrogens with zero attached hydrogens (tertiary/aromatic N) is 2. The predicted molar refractivity (Wildman–Crippen MR) is 136 cm³/mol. The van der Waals surface area contributed by atoms with Crippen molar-refractivity contribution in [1.82, 2.24) is 15.1 Å². The summed E-state index contributed by atoms with van der Waals surface area (Å²) in [6, 6.07) is 10.1. The van der Waals surface area contributed by atoms with Crippen molar-refractivity contribution in [3.63, 3.8) is 0 Å². The van der Waals surface area contributed by atoms with Crippen molar-refractivity contribution in [3.05, 3.63) is 69.8 Å². The molecule has 0 aromatic heterocycles. The van der Waals surface area contributed by atoms with E-state index in [2.05, 4.69) is 23.5 Å². The maximum absolute atomic E-state index is 13.4. The molecule has 7 nitrogen and oxygen atoms in total. The van der Waals surface area contributed by atoms with Crippen molar-refractivity contribution in [1.29, 1.82) is 0 Å². The van der Waals surface area contributed by atoms with Crippen LogP contribution in [0, 0.1) is 0 Å². The third kappa shape index (κ3) is 4.21. The maximum Gasteiger partial charge on any atom is 0.261 e. The van der Waals surface area contributed by atoms with Gasteiger partial charge in [0.15, 0.2) is 0 Å². The highest BCUT2D eigenvalue weighted by Crippen LogP contribution is 2.29. The van der Waals surface area contributed by atoms with Gasteiger partial charge in [0.1, 0.15) is 6.04 Å². The van der Waals surface area contributed by atoms with Crippen molar-refractivity contribution in [3.8, 4) is 0 Å². The second-order valence-electron chi connectivity index (χ2n) is 10.5. The zero-order chi connectivity index (χ0) is 25.6. The van der Waals surface area contributed by atoms with Gasteiger partial charge in [0.05, 0.1) is 17.2 Å². The first kappa shape index (κ1) is 24.2. The zero-order valence-electron chi connectivity index (χ0n) is 21.2. The van der Waals surface area contributed by atoms with E-state index in [0.717, 1.165) is 24.8 Å². The van der Waals surface area contributed by atoms with E-state index < -0.39 is 6.04 Å². The minimum Gasteiger partial charge on any atom is -0.348 e. The number of hydrogen-bond donors (Lipinski definition) is 1. The summed E-state index contributed by atoms with van der Waals surface area (Å²) in [5.41, 5.74) is 4.75. The van der Waals surface area contributed by atoms with Crippen LogP contribution in [0.15, 0.2) is 36.4 Å². The van der Waals surface area contributed by atoms with E-state index in [1.54, 1.807) is 30.9 Å². The first-order valence-corrected chi connectivity index (χ1v) is 13.0. The Hall–Kier alpha value is -3.48. The number of rotatable bonds is 5. The van der Waals surface area contributed by atoms with Gasteiger partial charge in [0.2, 0.25) is 5.91 Å². The Balaban J connectivity index is 1.30. The molecule has 1 saturated heterocycles. The van der Waals surface area contributed by atoms with Crippen molar-refractivity contribution in [2.24, 2.45) is 0 Å². The van der Waals surface area contributed by atoms with Crippen LogP contribution in [0.5, 0.6) is 0 Å². The summed E-state index contributed by atoms with van der Waals surface area (Å²) in [5, 5.41) is 3.12. The van der Waals surface area contributed by atoms with Crippen LogP contribution in [-0.4, -0.2) is 52.1 Å². The lowest BCUT2D eigenvalue weighted by Gasteiger charge is -2.26. The van der Waals surface area contributed by atoms with Gasteiger partial charge >= 0.3 is 0 Å². The van der Waals surface area contributed by atoms with E-state index in [-0.39, 0.29) is 41.3 Å². The topological polar surface area (TPSA) is 86.8 Å². The smallest absolute Gasteiger partial charge is 0.261 e. The molecule has 2 aromatic carbocycles. The fraction of sp³-hybridized carbons (Fsp3) is 0.448. The number of imide groups is 1. The minimum absolute atomic E-state index is 0.159. The highest BCUT2D eigenvalue weighted by molar-refractivity contribution is 6.22. The highest BCUT2D eigenvalue weighted by Gasteiger charge is 2.39. The lowest BCUT2D eigenvalue weighted by Crippen LogP contribution is -2.46. The molecule has 2 atom stereocenters. The third-order valence-corrected chi connectivity index (χ3v) is 7.73. The molecule has 1 N–H and O–H groups in total. The molecule has 0 unspecified atom stereocenters. The van der Waals surface area contributed by atoms with Crippen LogP contribution in [-0.2, 0) is 17.6 Å². The SMILES string of the molecule is CC(C)N1C(=O)c2ccc(C(=O)N3CCC[C@@H]3C(=O)N[C@H](C)c3ccc4c(c3)CCCC4)cc2C1=O. The Kier molecular flexibility index (Phi) is 6.41. The van der Waals surface area contributed by atoms with E-state index in [0.29, 0.717) is 24.1 Å². The Labute approximate surface area is 211 Å². The van der Waals surface area contributed by atoms with Crippen LogP contribution in [0.25, 0.3) is 0 Å². The summed E-state index contributed by atoms with van der Waals surface area (Å²) in [7, 11) is 0. The first-order chi connectivity index (χ1) is 17.3. The highest BCUT2D eigenvalue weighted by atomic mass is 16.2. The molecule has 4 amide bonds. The zero-order valence-corrected chi connectivity index (χ0v) is 21.2. The number of carbonyl (C=O) groups is 4. The quantitative estimate of drug-likeness (QED) is 0.645. The van der Waals surface area contributed by atoms with Gasteiger partial charge in [-0.3, -0.25) is 24.1 Å². The van der Waals surface area contributed by atoms with Gasteiger partial charge in [0, 0.05) is 18.2 Å². The summed E-state index contributed by atoms with van der Waals surface area (Å²) >= 11 is 0. The molecule has 0 saturated carbocycles. The molecule has 0 radical (unpaired) electrons. The fourth-order valence-electron chi connectivity index (χ4n) is 5.73. The number of amides is 4. The van der Waals surface area contributed by atoms with Gasteiger partial charge in [0.25, 0.3) is 17.7 Å². The van der Waals surface area contributed by atoms with E-state index in [1.165, 1.54) is 34.9 Å². The molecule has 7 heteroatoms. The molecule has 2 aliphatic heterocycles. The maximum atomic E-state index is 13.4. The summed E-state index contributed by atoms with van der Waals surface area (Å²) in [4.78, 5) is 54.8. The standard InChI is InChI=1S/C29H33N3O4/c1-17(2)32-28(35)23-13-12-22(16-24(23)29(32)36)27(34)31-14-6-9-25(31)26(33)30-18(3)20-11-10-19-7-4-5-8-21(19)15-20/h10-13,15-18,25H,4-9,14H2,1-3H3,(H,30,33)/t18-,25-/m1/s1. The summed E-state index contributed by atoms with van der Waals surface area (Å²) in [5.74, 6) is -1.17. The van der Waals surface area contributed by atoms with Crippen LogP contribution >= 0.6 is 0 Å². The first-order valence-electron chi connectivity index (χ1n) is 13.0. The van der Waals surface area contributed by atoms with Crippen LogP contribution in [0.2, 0.25) is 0 Å². The summed E-state index contributed by atoms with van der Waals surface area (Å²) < 4.78 is 0. The Morgan fingerprint density at radius 2 is 1.61 bits per heavy atom. The minimum atomic E-state index is -0.560. The summed E-state index contributed by atoms with van der Waals surface area (Å²) in [6.45, 7) is 6.03. The molecule has 0 bridgehead atoms. The number of benzene rings is 2.